The van der Waals surface area contributed by atoms with Crippen LogP contribution >= 0.6 is 15.9 Å². The van der Waals surface area contributed by atoms with Crippen molar-refractivity contribution >= 4 is 15.9 Å². The fourth-order valence-electron chi connectivity index (χ4n) is 1.91. The maximum atomic E-state index is 14.2. The Labute approximate surface area is 120 Å². The highest BCUT2D eigenvalue weighted by Gasteiger charge is 2.18. The summed E-state index contributed by atoms with van der Waals surface area (Å²) in [6.45, 7) is 2.88. The lowest BCUT2D eigenvalue weighted by Gasteiger charge is -2.20. The van der Waals surface area contributed by atoms with Crippen molar-refractivity contribution in [1.29, 1.82) is 0 Å². The molecule has 19 heavy (non-hydrogen) atoms. The third-order valence-corrected chi connectivity index (χ3v) is 3.44. The lowest BCUT2D eigenvalue weighted by molar-refractivity contribution is 0.542. The second kappa shape index (κ2) is 6.73. The van der Waals surface area contributed by atoms with Crippen molar-refractivity contribution in [3.05, 3.63) is 58.1 Å². The Morgan fingerprint density at radius 2 is 2.16 bits per heavy atom. The van der Waals surface area contributed by atoms with Gasteiger partial charge in [-0.2, -0.15) is 10.2 Å². The predicted molar refractivity (Wildman–Crippen MR) is 76.3 cm³/mol. The second-order valence-corrected chi connectivity index (χ2v) is 5.06. The molecule has 0 aliphatic heterocycles. The van der Waals surface area contributed by atoms with Crippen LogP contribution in [-0.4, -0.2) is 16.7 Å². The van der Waals surface area contributed by atoms with Gasteiger partial charge in [-0.05, 0) is 46.6 Å². The zero-order chi connectivity index (χ0) is 13.7. The molecule has 2 rings (SSSR count). The molecule has 5 heteroatoms. The molecule has 1 N–H and O–H groups in total. The second-order valence-electron chi connectivity index (χ2n) is 4.21. The Morgan fingerprint density at radius 1 is 1.32 bits per heavy atom. The van der Waals surface area contributed by atoms with Crippen LogP contribution < -0.4 is 5.32 Å². The standard InChI is InChI=1S/C14H15BrFN3/c1-2-7-17-14(10-6-8-18-19-9-10)11-4-3-5-12(15)13(11)16/h3-6,8-9,14,17H,2,7H2,1H3. The highest BCUT2D eigenvalue weighted by atomic mass is 79.9. The molecule has 2 aromatic rings. The van der Waals surface area contributed by atoms with Gasteiger partial charge in [0.2, 0.25) is 0 Å². The van der Waals surface area contributed by atoms with Crippen LogP contribution in [0.5, 0.6) is 0 Å². The lowest BCUT2D eigenvalue weighted by atomic mass is 10.00. The van der Waals surface area contributed by atoms with E-state index in [-0.39, 0.29) is 11.9 Å². The minimum Gasteiger partial charge on any atom is -0.306 e. The van der Waals surface area contributed by atoms with Crippen LogP contribution in [0.25, 0.3) is 0 Å². The number of halogens is 2. The number of rotatable bonds is 5. The first-order chi connectivity index (χ1) is 9.24. The average Bonchev–Trinajstić information content (AvgIpc) is 2.45. The van der Waals surface area contributed by atoms with E-state index >= 15 is 0 Å². The maximum Gasteiger partial charge on any atom is 0.142 e. The molecule has 0 fully saturated rings. The highest BCUT2D eigenvalue weighted by Crippen LogP contribution is 2.27. The molecule has 0 saturated heterocycles. The maximum absolute atomic E-state index is 14.2. The summed E-state index contributed by atoms with van der Waals surface area (Å²) in [6.07, 6.45) is 4.25. The van der Waals surface area contributed by atoms with Crippen molar-refractivity contribution in [3.63, 3.8) is 0 Å². The fraction of sp³-hybridized carbons (Fsp3) is 0.286. The van der Waals surface area contributed by atoms with Crippen molar-refractivity contribution < 1.29 is 4.39 Å². The third-order valence-electron chi connectivity index (χ3n) is 2.83. The van der Waals surface area contributed by atoms with E-state index in [1.165, 1.54) is 0 Å². The van der Waals surface area contributed by atoms with E-state index in [2.05, 4.69) is 38.4 Å². The molecule has 100 valence electrons. The molecule has 0 aliphatic carbocycles. The molecule has 0 saturated carbocycles. The number of nitrogens with one attached hydrogen (secondary N) is 1. The first-order valence-corrected chi connectivity index (χ1v) is 6.97. The quantitative estimate of drug-likeness (QED) is 0.915. The molecule has 1 atom stereocenters. The van der Waals surface area contributed by atoms with Gasteiger partial charge in [0.1, 0.15) is 5.82 Å². The molecule has 3 nitrogen and oxygen atoms in total. The zero-order valence-corrected chi connectivity index (χ0v) is 12.2. The molecule has 1 heterocycles. The Kier molecular flexibility index (Phi) is 4.99. The largest absolute Gasteiger partial charge is 0.306 e. The number of nitrogens with zero attached hydrogens (tertiary/aromatic N) is 2. The Hall–Kier alpha value is -1.33. The van der Waals surface area contributed by atoms with Crippen LogP contribution in [0, 0.1) is 5.82 Å². The van der Waals surface area contributed by atoms with Gasteiger partial charge in [0.25, 0.3) is 0 Å². The Morgan fingerprint density at radius 3 is 2.84 bits per heavy atom. The van der Waals surface area contributed by atoms with Crippen molar-refractivity contribution in [2.75, 3.05) is 6.54 Å². The monoisotopic (exact) mass is 323 g/mol. The molecule has 1 aromatic carbocycles. The number of hydrogen-bond acceptors (Lipinski definition) is 3. The van der Waals surface area contributed by atoms with Crippen LogP contribution in [0.4, 0.5) is 4.39 Å². The van der Waals surface area contributed by atoms with Gasteiger partial charge in [0.05, 0.1) is 16.7 Å². The van der Waals surface area contributed by atoms with Crippen molar-refractivity contribution in [2.45, 2.75) is 19.4 Å². The van der Waals surface area contributed by atoms with Gasteiger partial charge in [0.15, 0.2) is 0 Å². The van der Waals surface area contributed by atoms with Gasteiger partial charge in [-0.3, -0.25) is 0 Å². The van der Waals surface area contributed by atoms with Gasteiger partial charge in [-0.25, -0.2) is 4.39 Å². The summed E-state index contributed by atoms with van der Waals surface area (Å²) in [6, 6.07) is 6.94. The molecule has 0 radical (unpaired) electrons. The van der Waals surface area contributed by atoms with E-state index in [4.69, 9.17) is 0 Å². The third kappa shape index (κ3) is 3.36. The van der Waals surface area contributed by atoms with Crippen molar-refractivity contribution in [3.8, 4) is 0 Å². The van der Waals surface area contributed by atoms with E-state index in [0.29, 0.717) is 10.0 Å². The lowest BCUT2D eigenvalue weighted by Crippen LogP contribution is -2.24. The zero-order valence-electron chi connectivity index (χ0n) is 10.6. The Bertz CT molecular complexity index is 533. The number of aromatic nitrogens is 2. The van der Waals surface area contributed by atoms with Crippen LogP contribution in [0.1, 0.15) is 30.5 Å². The van der Waals surface area contributed by atoms with Crippen molar-refractivity contribution in [2.24, 2.45) is 0 Å². The van der Waals surface area contributed by atoms with Gasteiger partial charge >= 0.3 is 0 Å². The van der Waals surface area contributed by atoms with Gasteiger partial charge in [-0.1, -0.05) is 19.1 Å². The molecular formula is C14H15BrFN3. The van der Waals surface area contributed by atoms with Crippen LogP contribution in [-0.2, 0) is 0 Å². The molecule has 0 amide bonds. The minimum atomic E-state index is -0.243. The van der Waals surface area contributed by atoms with E-state index in [9.17, 15) is 4.39 Å². The number of benzene rings is 1. The summed E-state index contributed by atoms with van der Waals surface area (Å²) < 4.78 is 14.7. The summed E-state index contributed by atoms with van der Waals surface area (Å²) in [4.78, 5) is 0. The van der Waals surface area contributed by atoms with Crippen LogP contribution in [0.3, 0.4) is 0 Å². The first kappa shape index (κ1) is 14.1. The normalized spacial score (nSPS) is 12.4. The first-order valence-electron chi connectivity index (χ1n) is 6.18. The topological polar surface area (TPSA) is 37.8 Å². The van der Waals surface area contributed by atoms with Crippen LogP contribution in [0.2, 0.25) is 0 Å². The Balaban J connectivity index is 2.40. The molecule has 0 aliphatic rings. The fourth-order valence-corrected chi connectivity index (χ4v) is 2.29. The van der Waals surface area contributed by atoms with E-state index in [1.807, 2.05) is 12.1 Å². The molecule has 0 spiro atoms. The van der Waals surface area contributed by atoms with E-state index in [0.717, 1.165) is 18.5 Å². The molecule has 1 unspecified atom stereocenters. The summed E-state index contributed by atoms with van der Waals surface area (Å²) in [5.74, 6) is -0.243. The smallest absolute Gasteiger partial charge is 0.142 e. The van der Waals surface area contributed by atoms with E-state index < -0.39 is 0 Å². The predicted octanol–water partition coefficient (Wildman–Crippen LogP) is 3.47. The molecule has 0 bridgehead atoms. The number of hydrogen-bond donors (Lipinski definition) is 1. The van der Waals surface area contributed by atoms with Gasteiger partial charge in [-0.15, -0.1) is 0 Å². The summed E-state index contributed by atoms with van der Waals surface area (Å²) in [5.41, 5.74) is 1.51. The summed E-state index contributed by atoms with van der Waals surface area (Å²) in [5, 5.41) is 11.0. The molecular weight excluding hydrogens is 309 g/mol. The summed E-state index contributed by atoms with van der Waals surface area (Å²) >= 11 is 3.22. The van der Waals surface area contributed by atoms with Crippen LogP contribution in [0.15, 0.2) is 41.1 Å². The average molecular weight is 324 g/mol. The molecule has 1 aromatic heterocycles. The SMILES string of the molecule is CCCNC(c1ccnnc1)c1cccc(Br)c1F. The highest BCUT2D eigenvalue weighted by molar-refractivity contribution is 9.10. The van der Waals surface area contributed by atoms with E-state index in [1.54, 1.807) is 24.5 Å². The van der Waals surface area contributed by atoms with Gasteiger partial charge in [0, 0.05) is 11.8 Å². The van der Waals surface area contributed by atoms with Gasteiger partial charge < -0.3 is 5.32 Å². The minimum absolute atomic E-state index is 0.215. The summed E-state index contributed by atoms with van der Waals surface area (Å²) in [7, 11) is 0. The van der Waals surface area contributed by atoms with Crippen molar-refractivity contribution in [1.82, 2.24) is 15.5 Å².